The minimum atomic E-state index is -0.241. The van der Waals surface area contributed by atoms with Crippen molar-refractivity contribution in [1.82, 2.24) is 14.8 Å². The summed E-state index contributed by atoms with van der Waals surface area (Å²) in [5, 5.41) is 12.9. The van der Waals surface area contributed by atoms with Crippen molar-refractivity contribution < 1.29 is 9.90 Å². The number of amides is 1. The number of carbonyl (C=O) groups excluding carboxylic acids is 1. The first-order valence-electron chi connectivity index (χ1n) is 7.60. The van der Waals surface area contributed by atoms with Gasteiger partial charge in [-0.1, -0.05) is 0 Å². The van der Waals surface area contributed by atoms with Gasteiger partial charge in [0.1, 0.15) is 5.69 Å². The molecule has 5 nitrogen and oxygen atoms in total. The highest BCUT2D eigenvalue weighted by atomic mass is 16.3. The minimum Gasteiger partial charge on any atom is -0.393 e. The molecule has 3 heterocycles. The number of nitrogens with zero attached hydrogens (tertiary/aromatic N) is 2. The standard InChI is InChI=1S/C15H23N3O2/c19-13-5-10-17(11-6-13)15(20)14-2-1-9-18(14)12-3-7-16-8-4-12/h1-2,9,12-13,16,19H,3-8,10-11H2. The van der Waals surface area contributed by atoms with Crippen LogP contribution in [0.5, 0.6) is 0 Å². The molecule has 110 valence electrons. The Labute approximate surface area is 119 Å². The zero-order valence-electron chi connectivity index (χ0n) is 11.8. The second-order valence-electron chi connectivity index (χ2n) is 5.81. The lowest BCUT2D eigenvalue weighted by Gasteiger charge is -2.31. The lowest BCUT2D eigenvalue weighted by Crippen LogP contribution is -2.41. The Balaban J connectivity index is 1.73. The molecule has 0 atom stereocenters. The van der Waals surface area contributed by atoms with Gasteiger partial charge in [-0.15, -0.1) is 0 Å². The number of hydrogen-bond acceptors (Lipinski definition) is 3. The lowest BCUT2D eigenvalue weighted by atomic mass is 10.1. The molecule has 3 rings (SSSR count). The van der Waals surface area contributed by atoms with Gasteiger partial charge in [0, 0.05) is 25.3 Å². The van der Waals surface area contributed by atoms with E-state index in [2.05, 4.69) is 9.88 Å². The van der Waals surface area contributed by atoms with Gasteiger partial charge in [-0.05, 0) is 50.9 Å². The molecule has 1 aromatic heterocycles. The molecule has 5 heteroatoms. The smallest absolute Gasteiger partial charge is 0.270 e. The van der Waals surface area contributed by atoms with Crippen LogP contribution in [0.2, 0.25) is 0 Å². The summed E-state index contributed by atoms with van der Waals surface area (Å²) in [6.45, 7) is 3.37. The van der Waals surface area contributed by atoms with Crippen molar-refractivity contribution in [3.8, 4) is 0 Å². The molecule has 2 N–H and O–H groups in total. The molecule has 0 saturated carbocycles. The Morgan fingerprint density at radius 1 is 1.20 bits per heavy atom. The Kier molecular flexibility index (Phi) is 4.08. The van der Waals surface area contributed by atoms with E-state index in [-0.39, 0.29) is 12.0 Å². The first-order valence-corrected chi connectivity index (χ1v) is 7.60. The lowest BCUT2D eigenvalue weighted by molar-refractivity contribution is 0.0534. The molecule has 2 aliphatic heterocycles. The van der Waals surface area contributed by atoms with Gasteiger partial charge in [0.2, 0.25) is 0 Å². The SMILES string of the molecule is O=C(c1cccn1C1CCNCC1)N1CCC(O)CC1. The number of aliphatic hydroxyl groups is 1. The van der Waals surface area contributed by atoms with Gasteiger partial charge in [-0.3, -0.25) is 4.79 Å². The van der Waals surface area contributed by atoms with Crippen molar-refractivity contribution in [2.24, 2.45) is 0 Å². The van der Waals surface area contributed by atoms with Crippen molar-refractivity contribution in [3.05, 3.63) is 24.0 Å². The predicted molar refractivity (Wildman–Crippen MR) is 76.7 cm³/mol. The molecule has 2 aliphatic rings. The van der Waals surface area contributed by atoms with Crippen LogP contribution in [0.3, 0.4) is 0 Å². The van der Waals surface area contributed by atoms with Crippen LogP contribution >= 0.6 is 0 Å². The van der Waals surface area contributed by atoms with Gasteiger partial charge in [0.05, 0.1) is 6.10 Å². The molecule has 0 spiro atoms. The summed E-state index contributed by atoms with van der Waals surface area (Å²) in [5.74, 6) is 0.112. The van der Waals surface area contributed by atoms with E-state index in [4.69, 9.17) is 0 Å². The van der Waals surface area contributed by atoms with Gasteiger partial charge in [-0.2, -0.15) is 0 Å². The summed E-state index contributed by atoms with van der Waals surface area (Å²) < 4.78 is 2.15. The maximum atomic E-state index is 12.6. The summed E-state index contributed by atoms with van der Waals surface area (Å²) in [6.07, 6.45) is 5.33. The first kappa shape index (κ1) is 13.6. The van der Waals surface area contributed by atoms with E-state index in [0.29, 0.717) is 32.0 Å². The van der Waals surface area contributed by atoms with Crippen molar-refractivity contribution in [3.63, 3.8) is 0 Å². The van der Waals surface area contributed by atoms with E-state index in [1.165, 1.54) is 0 Å². The van der Waals surface area contributed by atoms with Crippen LogP contribution in [-0.4, -0.2) is 52.8 Å². The highest BCUT2D eigenvalue weighted by molar-refractivity contribution is 5.92. The molecule has 0 aliphatic carbocycles. The van der Waals surface area contributed by atoms with E-state index in [0.717, 1.165) is 31.6 Å². The largest absolute Gasteiger partial charge is 0.393 e. The molecule has 2 saturated heterocycles. The summed E-state index contributed by atoms with van der Waals surface area (Å²) in [4.78, 5) is 14.5. The van der Waals surface area contributed by atoms with Crippen molar-refractivity contribution in [1.29, 1.82) is 0 Å². The third-order valence-corrected chi connectivity index (χ3v) is 4.45. The fourth-order valence-corrected chi connectivity index (χ4v) is 3.21. The molecular formula is C15H23N3O2. The number of aliphatic hydroxyl groups excluding tert-OH is 1. The number of likely N-dealkylation sites (tertiary alicyclic amines) is 1. The van der Waals surface area contributed by atoms with E-state index in [9.17, 15) is 9.90 Å². The van der Waals surface area contributed by atoms with Crippen LogP contribution in [-0.2, 0) is 0 Å². The number of rotatable bonds is 2. The van der Waals surface area contributed by atoms with Crippen LogP contribution in [0.4, 0.5) is 0 Å². The molecule has 0 unspecified atom stereocenters. The van der Waals surface area contributed by atoms with Crippen molar-refractivity contribution in [2.45, 2.75) is 37.8 Å². The first-order chi connectivity index (χ1) is 9.75. The Hall–Kier alpha value is -1.33. The fraction of sp³-hybridized carbons (Fsp3) is 0.667. The number of hydrogen-bond donors (Lipinski definition) is 2. The monoisotopic (exact) mass is 277 g/mol. The molecule has 1 aromatic rings. The minimum absolute atomic E-state index is 0.112. The molecule has 1 amide bonds. The molecule has 0 bridgehead atoms. The van der Waals surface area contributed by atoms with Crippen LogP contribution < -0.4 is 5.32 Å². The number of carbonyl (C=O) groups is 1. The van der Waals surface area contributed by atoms with Gasteiger partial charge in [0.15, 0.2) is 0 Å². The third kappa shape index (κ3) is 2.74. The van der Waals surface area contributed by atoms with Crippen LogP contribution in [0.1, 0.15) is 42.2 Å². The summed E-state index contributed by atoms with van der Waals surface area (Å²) >= 11 is 0. The van der Waals surface area contributed by atoms with Crippen LogP contribution in [0.15, 0.2) is 18.3 Å². The van der Waals surface area contributed by atoms with Gasteiger partial charge >= 0.3 is 0 Å². The molecule has 20 heavy (non-hydrogen) atoms. The summed E-state index contributed by atoms with van der Waals surface area (Å²) in [5.41, 5.74) is 0.799. The molecule has 0 radical (unpaired) electrons. The number of piperidine rings is 2. The maximum Gasteiger partial charge on any atom is 0.270 e. The maximum absolute atomic E-state index is 12.6. The number of nitrogens with one attached hydrogen (secondary N) is 1. The van der Waals surface area contributed by atoms with Crippen molar-refractivity contribution >= 4 is 5.91 Å². The molecule has 2 fully saturated rings. The average molecular weight is 277 g/mol. The Morgan fingerprint density at radius 2 is 1.90 bits per heavy atom. The topological polar surface area (TPSA) is 57.5 Å². The average Bonchev–Trinajstić information content (AvgIpc) is 2.97. The Morgan fingerprint density at radius 3 is 2.60 bits per heavy atom. The van der Waals surface area contributed by atoms with Gasteiger partial charge < -0.3 is 19.9 Å². The van der Waals surface area contributed by atoms with E-state index < -0.39 is 0 Å². The van der Waals surface area contributed by atoms with Crippen molar-refractivity contribution in [2.75, 3.05) is 26.2 Å². The zero-order chi connectivity index (χ0) is 13.9. The van der Waals surface area contributed by atoms with Gasteiger partial charge in [-0.25, -0.2) is 0 Å². The highest BCUT2D eigenvalue weighted by Crippen LogP contribution is 2.23. The second kappa shape index (κ2) is 5.97. The summed E-state index contributed by atoms with van der Waals surface area (Å²) in [7, 11) is 0. The highest BCUT2D eigenvalue weighted by Gasteiger charge is 2.26. The van der Waals surface area contributed by atoms with E-state index in [1.807, 2.05) is 23.2 Å². The quantitative estimate of drug-likeness (QED) is 0.848. The molecular weight excluding hydrogens is 254 g/mol. The van der Waals surface area contributed by atoms with Crippen LogP contribution in [0.25, 0.3) is 0 Å². The zero-order valence-corrected chi connectivity index (χ0v) is 11.8. The third-order valence-electron chi connectivity index (χ3n) is 4.45. The second-order valence-corrected chi connectivity index (χ2v) is 5.81. The van der Waals surface area contributed by atoms with E-state index >= 15 is 0 Å². The predicted octanol–water partition coefficient (Wildman–Crippen LogP) is 1.01. The normalized spacial score (nSPS) is 22.1. The van der Waals surface area contributed by atoms with Gasteiger partial charge in [0.25, 0.3) is 5.91 Å². The molecule has 0 aromatic carbocycles. The van der Waals surface area contributed by atoms with Crippen LogP contribution in [0, 0.1) is 0 Å². The fourth-order valence-electron chi connectivity index (χ4n) is 3.21. The number of aromatic nitrogens is 1. The Bertz CT molecular complexity index is 457. The summed E-state index contributed by atoms with van der Waals surface area (Å²) in [6, 6.07) is 4.32. The van der Waals surface area contributed by atoms with E-state index in [1.54, 1.807) is 0 Å².